The van der Waals surface area contributed by atoms with Crippen LogP contribution in [0.25, 0.3) is 0 Å². The Bertz CT molecular complexity index is 702. The molecular weight excluding hydrogens is 308 g/mol. The van der Waals surface area contributed by atoms with Crippen molar-refractivity contribution in [3.8, 4) is 0 Å². The summed E-state index contributed by atoms with van der Waals surface area (Å²) in [4.78, 5) is 15.7. The minimum absolute atomic E-state index is 0.00883. The van der Waals surface area contributed by atoms with E-state index >= 15 is 0 Å². The first-order chi connectivity index (χ1) is 8.88. The molecule has 0 aliphatic carbocycles. The van der Waals surface area contributed by atoms with Crippen LogP contribution in [-0.4, -0.2) is 24.5 Å². The summed E-state index contributed by atoms with van der Waals surface area (Å²) in [6, 6.07) is 2.55. The van der Waals surface area contributed by atoms with Gasteiger partial charge in [-0.2, -0.15) is 0 Å². The Kier molecular flexibility index (Phi) is 3.99. The van der Waals surface area contributed by atoms with Crippen molar-refractivity contribution in [2.24, 2.45) is 0 Å². The fourth-order valence-electron chi connectivity index (χ4n) is 1.29. The molecule has 2 N–H and O–H groups in total. The van der Waals surface area contributed by atoms with E-state index in [1.807, 2.05) is 6.92 Å². The number of aryl methyl sites for hydroxylation is 1. The Balaban J connectivity index is 2.11. The van der Waals surface area contributed by atoms with Crippen molar-refractivity contribution in [3.63, 3.8) is 0 Å². The molecule has 0 bridgehead atoms. The molecule has 0 aromatic carbocycles. The summed E-state index contributed by atoms with van der Waals surface area (Å²) in [5, 5.41) is 9.42. The van der Waals surface area contributed by atoms with Crippen LogP contribution in [0.5, 0.6) is 0 Å². The van der Waals surface area contributed by atoms with E-state index in [-0.39, 0.29) is 15.6 Å². The number of rotatable bonds is 5. The Morgan fingerprint density at radius 3 is 2.68 bits per heavy atom. The van der Waals surface area contributed by atoms with Gasteiger partial charge in [0.1, 0.15) is 14.1 Å². The number of carbonyl (C=O) groups is 1. The first kappa shape index (κ1) is 14.1. The molecule has 2 rings (SSSR count). The first-order valence-electron chi connectivity index (χ1n) is 5.12. The van der Waals surface area contributed by atoms with E-state index in [9.17, 15) is 13.2 Å². The van der Waals surface area contributed by atoms with Gasteiger partial charge in [0.15, 0.2) is 0 Å². The number of nitrogens with zero attached hydrogens (tertiary/aromatic N) is 1. The summed E-state index contributed by atoms with van der Waals surface area (Å²) in [5.41, 5.74) is 0. The van der Waals surface area contributed by atoms with Crippen molar-refractivity contribution < 1.29 is 18.3 Å². The zero-order valence-electron chi connectivity index (χ0n) is 9.78. The zero-order chi connectivity index (χ0) is 14.0. The standard InChI is InChI=1S/C10H10N2O4S3/c1-6-4-11-8(17-6)5-12-19(15,16)9-3-2-7(18-9)10(13)14/h2-4,12H,5H2,1H3,(H,13,14). The van der Waals surface area contributed by atoms with Crippen molar-refractivity contribution in [3.05, 3.63) is 33.1 Å². The van der Waals surface area contributed by atoms with Gasteiger partial charge in [-0.1, -0.05) is 0 Å². The molecule has 0 aliphatic heterocycles. The second-order valence-electron chi connectivity index (χ2n) is 3.61. The monoisotopic (exact) mass is 318 g/mol. The Labute approximate surface area is 117 Å². The van der Waals surface area contributed by atoms with Gasteiger partial charge < -0.3 is 5.11 Å². The maximum atomic E-state index is 11.9. The number of carboxylic acid groups (broad SMARTS) is 1. The maximum Gasteiger partial charge on any atom is 0.345 e. The third-order valence-electron chi connectivity index (χ3n) is 2.14. The minimum Gasteiger partial charge on any atom is -0.477 e. The van der Waals surface area contributed by atoms with Crippen LogP contribution in [0, 0.1) is 6.92 Å². The van der Waals surface area contributed by atoms with Crippen LogP contribution >= 0.6 is 22.7 Å². The number of hydrogen-bond donors (Lipinski definition) is 2. The van der Waals surface area contributed by atoms with Gasteiger partial charge in [-0.3, -0.25) is 0 Å². The molecule has 9 heteroatoms. The molecule has 0 saturated carbocycles. The van der Waals surface area contributed by atoms with E-state index in [1.54, 1.807) is 6.20 Å². The summed E-state index contributed by atoms with van der Waals surface area (Å²) in [6.45, 7) is 1.98. The van der Waals surface area contributed by atoms with Gasteiger partial charge in [0, 0.05) is 11.1 Å². The highest BCUT2D eigenvalue weighted by molar-refractivity contribution is 7.91. The number of carboxylic acids is 1. The first-order valence-corrected chi connectivity index (χ1v) is 8.24. The highest BCUT2D eigenvalue weighted by Crippen LogP contribution is 2.22. The Morgan fingerprint density at radius 2 is 2.16 bits per heavy atom. The number of aromatic nitrogens is 1. The number of nitrogens with one attached hydrogen (secondary N) is 1. The largest absolute Gasteiger partial charge is 0.477 e. The second kappa shape index (κ2) is 5.37. The molecule has 0 unspecified atom stereocenters. The average Bonchev–Trinajstić information content (AvgIpc) is 2.95. The number of thiophene rings is 1. The Morgan fingerprint density at radius 1 is 1.42 bits per heavy atom. The SMILES string of the molecule is Cc1cnc(CNS(=O)(=O)c2ccc(C(=O)O)s2)s1. The number of aromatic carboxylic acids is 1. The summed E-state index contributed by atoms with van der Waals surface area (Å²) in [7, 11) is -3.69. The van der Waals surface area contributed by atoms with Crippen molar-refractivity contribution >= 4 is 38.7 Å². The predicted molar refractivity (Wildman–Crippen MR) is 72.2 cm³/mol. The number of sulfonamides is 1. The van der Waals surface area contributed by atoms with Crippen molar-refractivity contribution in [1.29, 1.82) is 0 Å². The lowest BCUT2D eigenvalue weighted by Gasteiger charge is -2.01. The summed E-state index contributed by atoms with van der Waals surface area (Å²) in [5.74, 6) is -1.14. The smallest absolute Gasteiger partial charge is 0.345 e. The van der Waals surface area contributed by atoms with Crippen molar-refractivity contribution in [2.75, 3.05) is 0 Å². The van der Waals surface area contributed by atoms with Crippen LogP contribution in [-0.2, 0) is 16.6 Å². The number of thiazole rings is 1. The van der Waals surface area contributed by atoms with Crippen molar-refractivity contribution in [2.45, 2.75) is 17.7 Å². The highest BCUT2D eigenvalue weighted by Gasteiger charge is 2.19. The molecule has 2 aromatic rings. The molecule has 0 aliphatic rings. The summed E-state index contributed by atoms with van der Waals surface area (Å²) < 4.78 is 26.2. The molecule has 6 nitrogen and oxygen atoms in total. The molecule has 19 heavy (non-hydrogen) atoms. The Hall–Kier alpha value is -1.29. The van der Waals surface area contributed by atoms with Gasteiger partial charge in [0.2, 0.25) is 10.0 Å². The minimum atomic E-state index is -3.69. The molecule has 0 radical (unpaired) electrons. The summed E-state index contributed by atoms with van der Waals surface area (Å²) >= 11 is 2.13. The molecule has 0 atom stereocenters. The molecular formula is C10H10N2O4S3. The van der Waals surface area contributed by atoms with E-state index in [0.29, 0.717) is 5.01 Å². The van der Waals surface area contributed by atoms with Crippen LogP contribution in [0.15, 0.2) is 22.5 Å². The molecule has 2 aromatic heterocycles. The molecule has 2 heterocycles. The van der Waals surface area contributed by atoms with E-state index in [0.717, 1.165) is 16.2 Å². The molecule has 0 fully saturated rings. The van der Waals surface area contributed by atoms with Crippen LogP contribution in [0.3, 0.4) is 0 Å². The topological polar surface area (TPSA) is 96.4 Å². The van der Waals surface area contributed by atoms with Crippen LogP contribution in [0.2, 0.25) is 0 Å². The fraction of sp³-hybridized carbons (Fsp3) is 0.200. The molecule has 0 amide bonds. The lowest BCUT2D eigenvalue weighted by Crippen LogP contribution is -2.22. The van der Waals surface area contributed by atoms with Gasteiger partial charge in [0.25, 0.3) is 0 Å². The van der Waals surface area contributed by atoms with Crippen LogP contribution < -0.4 is 4.72 Å². The van der Waals surface area contributed by atoms with E-state index in [2.05, 4.69) is 9.71 Å². The maximum absolute atomic E-state index is 11.9. The van der Waals surface area contributed by atoms with Crippen LogP contribution in [0.1, 0.15) is 19.6 Å². The fourth-order valence-corrected chi connectivity index (χ4v) is 4.29. The third kappa shape index (κ3) is 3.38. The molecule has 102 valence electrons. The van der Waals surface area contributed by atoms with E-state index < -0.39 is 16.0 Å². The second-order valence-corrected chi connectivity index (χ2v) is 8.01. The quantitative estimate of drug-likeness (QED) is 0.874. The average molecular weight is 318 g/mol. The molecule has 0 spiro atoms. The third-order valence-corrected chi connectivity index (χ3v) is 6.02. The van der Waals surface area contributed by atoms with Gasteiger partial charge in [-0.15, -0.1) is 22.7 Å². The van der Waals surface area contributed by atoms with E-state index in [4.69, 9.17) is 5.11 Å². The van der Waals surface area contributed by atoms with Gasteiger partial charge >= 0.3 is 5.97 Å². The molecule has 0 saturated heterocycles. The zero-order valence-corrected chi connectivity index (χ0v) is 12.2. The number of hydrogen-bond acceptors (Lipinski definition) is 6. The predicted octanol–water partition coefficient (Wildman–Crippen LogP) is 1.69. The lowest BCUT2D eigenvalue weighted by molar-refractivity contribution is 0.0702. The lowest BCUT2D eigenvalue weighted by atomic mass is 10.5. The van der Waals surface area contributed by atoms with Crippen molar-refractivity contribution in [1.82, 2.24) is 9.71 Å². The summed E-state index contributed by atoms with van der Waals surface area (Å²) in [6.07, 6.45) is 1.67. The van der Waals surface area contributed by atoms with Gasteiger partial charge in [0.05, 0.1) is 6.54 Å². The van der Waals surface area contributed by atoms with Crippen LogP contribution in [0.4, 0.5) is 0 Å². The normalized spacial score (nSPS) is 11.6. The van der Waals surface area contributed by atoms with E-state index in [1.165, 1.54) is 23.5 Å². The van der Waals surface area contributed by atoms with Gasteiger partial charge in [-0.25, -0.2) is 22.9 Å². The highest BCUT2D eigenvalue weighted by atomic mass is 32.2. The van der Waals surface area contributed by atoms with Gasteiger partial charge in [-0.05, 0) is 19.1 Å².